The quantitative estimate of drug-likeness (QED) is 0.445. The molecule has 1 amide bonds. The number of carbonyl (C=O) groups is 1. The van der Waals surface area contributed by atoms with Gasteiger partial charge < -0.3 is 10.2 Å². The van der Waals surface area contributed by atoms with Gasteiger partial charge in [-0.25, -0.2) is 8.42 Å². The van der Waals surface area contributed by atoms with Gasteiger partial charge >= 0.3 is 0 Å². The van der Waals surface area contributed by atoms with Crippen LogP contribution < -0.4 is 14.9 Å². The van der Waals surface area contributed by atoms with E-state index in [1.807, 2.05) is 31.4 Å². The highest BCUT2D eigenvalue weighted by atomic mass is 32.2. The molecule has 8 heteroatoms. The van der Waals surface area contributed by atoms with Crippen LogP contribution in [0.5, 0.6) is 0 Å². The lowest BCUT2D eigenvalue weighted by Gasteiger charge is -2.23. The van der Waals surface area contributed by atoms with Crippen molar-refractivity contribution in [3.8, 4) is 0 Å². The van der Waals surface area contributed by atoms with Gasteiger partial charge in [0, 0.05) is 25.3 Å². The molecule has 0 saturated carbocycles. The third-order valence-corrected chi connectivity index (χ3v) is 7.09. The summed E-state index contributed by atoms with van der Waals surface area (Å²) >= 11 is 1.58. The third kappa shape index (κ3) is 8.20. The number of anilines is 1. The van der Waals surface area contributed by atoms with E-state index in [0.29, 0.717) is 18.7 Å². The lowest BCUT2D eigenvalue weighted by Crippen LogP contribution is -2.47. The predicted octanol–water partition coefficient (Wildman–Crippen LogP) is 3.43. The summed E-state index contributed by atoms with van der Waals surface area (Å²) in [5.41, 5.74) is 2.13. The Bertz CT molecular complexity index is 903. The average Bonchev–Trinajstić information content (AvgIpc) is 2.77. The highest BCUT2D eigenvalue weighted by Gasteiger charge is 2.25. The molecule has 0 fully saturated rings. The fourth-order valence-corrected chi connectivity index (χ4v) is 4.87. The summed E-state index contributed by atoms with van der Waals surface area (Å²) in [6.07, 6.45) is 3.14. The maximum absolute atomic E-state index is 12.7. The van der Waals surface area contributed by atoms with Crippen LogP contribution in [0.25, 0.3) is 0 Å². The highest BCUT2D eigenvalue weighted by Crippen LogP contribution is 2.14. The normalized spacial score (nSPS) is 12.4. The monoisotopic (exact) mass is 463 g/mol. The number of carbonyl (C=O) groups excluding carboxylic acids is 1. The van der Waals surface area contributed by atoms with E-state index in [-0.39, 0.29) is 10.8 Å². The lowest BCUT2D eigenvalue weighted by atomic mass is 10.2. The smallest absolute Gasteiger partial charge is 0.241 e. The molecule has 2 rings (SSSR count). The number of nitrogens with one attached hydrogen (secondary N) is 2. The molecule has 2 aromatic rings. The highest BCUT2D eigenvalue weighted by molar-refractivity contribution is 7.98. The number of nitrogens with zero attached hydrogens (tertiary/aromatic N) is 1. The van der Waals surface area contributed by atoms with Gasteiger partial charge in [0.1, 0.15) is 6.04 Å². The minimum Gasteiger partial charge on any atom is -0.372 e. The van der Waals surface area contributed by atoms with Crippen LogP contribution in [-0.4, -0.2) is 52.0 Å². The second kappa shape index (κ2) is 12.7. The molecule has 2 aromatic carbocycles. The van der Waals surface area contributed by atoms with Gasteiger partial charge in [-0.1, -0.05) is 35.9 Å². The van der Waals surface area contributed by atoms with Gasteiger partial charge in [0.25, 0.3) is 0 Å². The maximum atomic E-state index is 12.7. The molecule has 1 unspecified atom stereocenters. The van der Waals surface area contributed by atoms with Gasteiger partial charge in [-0.2, -0.15) is 16.5 Å². The molecule has 0 spiro atoms. The molecule has 2 N–H and O–H groups in total. The molecule has 6 nitrogen and oxygen atoms in total. The number of rotatable bonds is 13. The first-order valence-electron chi connectivity index (χ1n) is 10.5. The van der Waals surface area contributed by atoms with Crippen LogP contribution in [0.1, 0.15) is 25.3 Å². The van der Waals surface area contributed by atoms with Crippen LogP contribution >= 0.6 is 11.8 Å². The van der Waals surface area contributed by atoms with Gasteiger partial charge in [0.05, 0.1) is 4.90 Å². The number of benzene rings is 2. The van der Waals surface area contributed by atoms with E-state index in [1.165, 1.54) is 0 Å². The van der Waals surface area contributed by atoms with Gasteiger partial charge in [-0.05, 0) is 63.0 Å². The van der Waals surface area contributed by atoms with Crippen molar-refractivity contribution < 1.29 is 13.2 Å². The zero-order valence-electron chi connectivity index (χ0n) is 18.5. The van der Waals surface area contributed by atoms with Crippen molar-refractivity contribution in [2.75, 3.05) is 36.5 Å². The SMILES string of the molecule is CCN(CCCNC(=O)C(CCSC)NS(=O)(=O)c1ccc(C)cc1)c1ccccc1. The molecular formula is C23H33N3O3S2. The summed E-state index contributed by atoms with van der Waals surface area (Å²) < 4.78 is 28.1. The molecule has 1 atom stereocenters. The molecule has 31 heavy (non-hydrogen) atoms. The number of hydrogen-bond donors (Lipinski definition) is 2. The van der Waals surface area contributed by atoms with E-state index < -0.39 is 16.1 Å². The molecule has 0 radical (unpaired) electrons. The molecule has 0 bridgehead atoms. The molecule has 0 heterocycles. The molecule has 0 aliphatic carbocycles. The fourth-order valence-electron chi connectivity index (χ4n) is 3.17. The number of sulfonamides is 1. The van der Waals surface area contributed by atoms with Crippen LogP contribution in [0.2, 0.25) is 0 Å². The Morgan fingerprint density at radius 2 is 1.77 bits per heavy atom. The van der Waals surface area contributed by atoms with Gasteiger partial charge in [0.2, 0.25) is 15.9 Å². The summed E-state index contributed by atoms with van der Waals surface area (Å²) in [6.45, 7) is 6.18. The summed E-state index contributed by atoms with van der Waals surface area (Å²) in [5, 5.41) is 2.90. The van der Waals surface area contributed by atoms with E-state index in [0.717, 1.165) is 30.8 Å². The van der Waals surface area contributed by atoms with Crippen LogP contribution in [0.4, 0.5) is 5.69 Å². The second-order valence-corrected chi connectivity index (χ2v) is 10.0. The first-order chi connectivity index (χ1) is 14.9. The van der Waals surface area contributed by atoms with E-state index in [2.05, 4.69) is 34.0 Å². The number of aryl methyl sites for hydroxylation is 1. The van der Waals surface area contributed by atoms with Crippen molar-refractivity contribution in [3.05, 3.63) is 60.2 Å². The second-order valence-electron chi connectivity index (χ2n) is 7.33. The Morgan fingerprint density at radius 3 is 2.39 bits per heavy atom. The topological polar surface area (TPSA) is 78.5 Å². The largest absolute Gasteiger partial charge is 0.372 e. The summed E-state index contributed by atoms with van der Waals surface area (Å²) in [4.78, 5) is 15.2. The molecule has 170 valence electrons. The van der Waals surface area contributed by atoms with E-state index >= 15 is 0 Å². The molecule has 0 saturated heterocycles. The van der Waals surface area contributed by atoms with Gasteiger partial charge in [0.15, 0.2) is 0 Å². The number of amides is 1. The molecule has 0 aliphatic rings. The van der Waals surface area contributed by atoms with Crippen molar-refractivity contribution in [1.29, 1.82) is 0 Å². The van der Waals surface area contributed by atoms with Crippen LogP contribution in [0.15, 0.2) is 59.5 Å². The number of para-hydroxylation sites is 1. The average molecular weight is 464 g/mol. The van der Waals surface area contributed by atoms with E-state index in [9.17, 15) is 13.2 Å². The van der Waals surface area contributed by atoms with Crippen molar-refractivity contribution in [2.45, 2.75) is 37.6 Å². The lowest BCUT2D eigenvalue weighted by molar-refractivity contribution is -0.122. The maximum Gasteiger partial charge on any atom is 0.241 e. The van der Waals surface area contributed by atoms with Gasteiger partial charge in [-0.3, -0.25) is 4.79 Å². The summed E-state index contributed by atoms with van der Waals surface area (Å²) in [6, 6.07) is 16.0. The molecular weight excluding hydrogens is 430 g/mol. The predicted molar refractivity (Wildman–Crippen MR) is 130 cm³/mol. The minimum absolute atomic E-state index is 0.168. The summed E-state index contributed by atoms with van der Waals surface area (Å²) in [7, 11) is -3.76. The van der Waals surface area contributed by atoms with E-state index in [1.54, 1.807) is 36.0 Å². The minimum atomic E-state index is -3.76. The first kappa shape index (κ1) is 25.2. The van der Waals surface area contributed by atoms with Crippen molar-refractivity contribution in [2.24, 2.45) is 0 Å². The van der Waals surface area contributed by atoms with Crippen molar-refractivity contribution >= 4 is 33.4 Å². The van der Waals surface area contributed by atoms with Crippen LogP contribution in [-0.2, 0) is 14.8 Å². The number of thioether (sulfide) groups is 1. The standard InChI is InChI=1S/C23H33N3O3S2/c1-4-26(20-9-6-5-7-10-20)17-8-16-24-23(27)22(15-18-30-3)25-31(28,29)21-13-11-19(2)12-14-21/h5-7,9-14,22,25H,4,8,15-18H2,1-3H3,(H,24,27). The van der Waals surface area contributed by atoms with E-state index in [4.69, 9.17) is 0 Å². The zero-order valence-corrected chi connectivity index (χ0v) is 20.1. The zero-order chi connectivity index (χ0) is 22.7. The van der Waals surface area contributed by atoms with Gasteiger partial charge in [-0.15, -0.1) is 0 Å². The number of hydrogen-bond acceptors (Lipinski definition) is 5. The van der Waals surface area contributed by atoms with Crippen LogP contribution in [0, 0.1) is 6.92 Å². The third-order valence-electron chi connectivity index (χ3n) is 4.96. The molecule has 0 aromatic heterocycles. The Labute approximate surface area is 190 Å². The Hall–Kier alpha value is -2.03. The van der Waals surface area contributed by atoms with Crippen molar-refractivity contribution in [1.82, 2.24) is 10.0 Å². The van der Waals surface area contributed by atoms with Crippen LogP contribution in [0.3, 0.4) is 0 Å². The first-order valence-corrected chi connectivity index (χ1v) is 13.4. The van der Waals surface area contributed by atoms with Crippen molar-refractivity contribution in [3.63, 3.8) is 0 Å². The fraction of sp³-hybridized carbons (Fsp3) is 0.435. The Kier molecular flexibility index (Phi) is 10.4. The molecule has 0 aliphatic heterocycles. The Morgan fingerprint density at radius 1 is 1.10 bits per heavy atom. The summed E-state index contributed by atoms with van der Waals surface area (Å²) in [5.74, 6) is 0.402. The Balaban J connectivity index is 1.92.